The Hall–Kier alpha value is -3.54. The molecule has 1 amide bonds. The molecule has 1 fully saturated rings. The van der Waals surface area contributed by atoms with E-state index in [1.807, 2.05) is 55.5 Å². The maximum absolute atomic E-state index is 11.2. The van der Waals surface area contributed by atoms with Crippen molar-refractivity contribution < 1.29 is 14.3 Å². The number of benzene rings is 2. The number of hydrogen-bond donors (Lipinski definition) is 1. The van der Waals surface area contributed by atoms with Crippen molar-refractivity contribution in [2.24, 2.45) is 0 Å². The van der Waals surface area contributed by atoms with Gasteiger partial charge in [-0.3, -0.25) is 9.78 Å². The fraction of sp³-hybridized carbons (Fsp3) is 0.280. The maximum atomic E-state index is 11.2. The van der Waals surface area contributed by atoms with Gasteiger partial charge in [-0.25, -0.2) is 0 Å². The quantitative estimate of drug-likeness (QED) is 0.602. The van der Waals surface area contributed by atoms with Gasteiger partial charge in [-0.05, 0) is 61.0 Å². The highest BCUT2D eigenvalue weighted by Crippen LogP contribution is 2.28. The number of rotatable bonds is 7. The number of hydrogen-bond acceptors (Lipinski definition) is 5. The summed E-state index contributed by atoms with van der Waals surface area (Å²) in [6, 6.07) is 19.7. The third kappa shape index (κ3) is 5.54. The van der Waals surface area contributed by atoms with E-state index in [0.29, 0.717) is 0 Å². The van der Waals surface area contributed by atoms with E-state index in [1.165, 1.54) is 6.92 Å². The molecule has 0 saturated carbocycles. The molecule has 0 bridgehead atoms. The monoisotopic (exact) mass is 417 g/mol. The first-order chi connectivity index (χ1) is 15.1. The predicted octanol–water partition coefficient (Wildman–Crippen LogP) is 4.73. The molecule has 1 N–H and O–H groups in total. The largest absolute Gasteiger partial charge is 0.489 e. The zero-order valence-corrected chi connectivity index (χ0v) is 17.8. The number of nitrogens with one attached hydrogen (secondary N) is 1. The van der Waals surface area contributed by atoms with E-state index in [-0.39, 0.29) is 18.1 Å². The van der Waals surface area contributed by atoms with Gasteiger partial charge in [0.1, 0.15) is 23.4 Å². The van der Waals surface area contributed by atoms with Crippen molar-refractivity contribution in [2.45, 2.75) is 32.4 Å². The van der Waals surface area contributed by atoms with Gasteiger partial charge in [0, 0.05) is 38.0 Å². The third-order valence-electron chi connectivity index (χ3n) is 5.33. The number of nitrogens with zero attached hydrogens (tertiary/aromatic N) is 2. The SMILES string of the molecule is CC(=O)N[C@@H](C)c1ccc(OC2CCN(c3ccc(Oc4ccncc4)cc3)C2)cc1. The fourth-order valence-corrected chi connectivity index (χ4v) is 3.74. The Balaban J connectivity index is 1.30. The summed E-state index contributed by atoms with van der Waals surface area (Å²) in [6.45, 7) is 5.29. The molecule has 1 aromatic heterocycles. The molecule has 1 aliphatic heterocycles. The molecule has 6 nitrogen and oxygen atoms in total. The lowest BCUT2D eigenvalue weighted by atomic mass is 10.1. The van der Waals surface area contributed by atoms with E-state index in [9.17, 15) is 4.79 Å². The van der Waals surface area contributed by atoms with Crippen LogP contribution in [0.15, 0.2) is 73.1 Å². The Morgan fingerprint density at radius 2 is 1.65 bits per heavy atom. The molecule has 0 aliphatic carbocycles. The minimum Gasteiger partial charge on any atom is -0.489 e. The van der Waals surface area contributed by atoms with Crippen LogP contribution in [0, 0.1) is 0 Å². The van der Waals surface area contributed by atoms with E-state index >= 15 is 0 Å². The van der Waals surface area contributed by atoms with Crippen molar-refractivity contribution >= 4 is 11.6 Å². The van der Waals surface area contributed by atoms with Crippen LogP contribution in [-0.2, 0) is 4.79 Å². The minimum atomic E-state index is -0.0316. The second-order valence-corrected chi connectivity index (χ2v) is 7.74. The van der Waals surface area contributed by atoms with Crippen molar-refractivity contribution in [3.63, 3.8) is 0 Å². The smallest absolute Gasteiger partial charge is 0.217 e. The standard InChI is InChI=1S/C25H27N3O3/c1-18(27-19(2)29)20-3-7-22(8-4-20)31-25-13-16-28(17-25)21-5-9-23(10-6-21)30-24-11-14-26-15-12-24/h3-12,14-15,18,25H,13,16-17H2,1-2H3,(H,27,29)/t18-,25?/m0/s1. The van der Waals surface area contributed by atoms with Crippen molar-refractivity contribution in [3.05, 3.63) is 78.6 Å². The molecular weight excluding hydrogens is 390 g/mol. The van der Waals surface area contributed by atoms with Crippen molar-refractivity contribution in [1.29, 1.82) is 0 Å². The maximum Gasteiger partial charge on any atom is 0.217 e. The molecule has 2 heterocycles. The van der Waals surface area contributed by atoms with Crippen LogP contribution >= 0.6 is 0 Å². The van der Waals surface area contributed by atoms with Crippen LogP contribution in [0.4, 0.5) is 5.69 Å². The number of carbonyl (C=O) groups is 1. The van der Waals surface area contributed by atoms with Gasteiger partial charge in [0.15, 0.2) is 0 Å². The lowest BCUT2D eigenvalue weighted by Crippen LogP contribution is -2.24. The number of ether oxygens (including phenoxy) is 2. The predicted molar refractivity (Wildman–Crippen MR) is 121 cm³/mol. The zero-order chi connectivity index (χ0) is 21.6. The Kier molecular flexibility index (Phi) is 6.36. The van der Waals surface area contributed by atoms with Gasteiger partial charge in [0.25, 0.3) is 0 Å². The number of amides is 1. The molecule has 4 rings (SSSR count). The molecule has 2 atom stereocenters. The molecule has 1 saturated heterocycles. The van der Waals surface area contributed by atoms with E-state index in [4.69, 9.17) is 9.47 Å². The lowest BCUT2D eigenvalue weighted by Gasteiger charge is -2.20. The van der Waals surface area contributed by atoms with Crippen molar-refractivity contribution in [2.75, 3.05) is 18.0 Å². The first kappa shape index (κ1) is 20.7. The van der Waals surface area contributed by atoms with E-state index in [2.05, 4.69) is 27.3 Å². The lowest BCUT2D eigenvalue weighted by molar-refractivity contribution is -0.119. The summed E-state index contributed by atoms with van der Waals surface area (Å²) in [4.78, 5) is 17.5. The van der Waals surface area contributed by atoms with Gasteiger partial charge in [-0.15, -0.1) is 0 Å². The zero-order valence-electron chi connectivity index (χ0n) is 17.8. The van der Waals surface area contributed by atoms with E-state index in [0.717, 1.165) is 48.0 Å². The highest BCUT2D eigenvalue weighted by molar-refractivity contribution is 5.73. The summed E-state index contributed by atoms with van der Waals surface area (Å²) in [5.74, 6) is 2.40. The van der Waals surface area contributed by atoms with E-state index in [1.54, 1.807) is 12.4 Å². The van der Waals surface area contributed by atoms with Crippen LogP contribution < -0.4 is 19.7 Å². The average Bonchev–Trinajstić information content (AvgIpc) is 3.23. The van der Waals surface area contributed by atoms with Crippen LogP contribution in [0.1, 0.15) is 31.9 Å². The number of pyridine rings is 1. The Morgan fingerprint density at radius 3 is 2.32 bits per heavy atom. The molecule has 6 heteroatoms. The summed E-state index contributed by atoms with van der Waals surface area (Å²) in [6.07, 6.45) is 4.54. The van der Waals surface area contributed by atoms with Crippen LogP contribution in [0.3, 0.4) is 0 Å². The fourth-order valence-electron chi connectivity index (χ4n) is 3.74. The van der Waals surface area contributed by atoms with Crippen LogP contribution in [0.25, 0.3) is 0 Å². The summed E-state index contributed by atoms with van der Waals surface area (Å²) in [5.41, 5.74) is 2.22. The number of carbonyl (C=O) groups excluding carboxylic acids is 1. The van der Waals surface area contributed by atoms with Gasteiger partial charge in [-0.1, -0.05) is 12.1 Å². The molecule has 3 aromatic rings. The van der Waals surface area contributed by atoms with Crippen molar-refractivity contribution in [1.82, 2.24) is 10.3 Å². The molecular formula is C25H27N3O3. The molecule has 0 radical (unpaired) electrons. The second-order valence-electron chi connectivity index (χ2n) is 7.74. The van der Waals surface area contributed by atoms with Crippen LogP contribution in [-0.4, -0.2) is 30.1 Å². The summed E-state index contributed by atoms with van der Waals surface area (Å²) >= 11 is 0. The number of aromatic nitrogens is 1. The molecule has 31 heavy (non-hydrogen) atoms. The molecule has 2 aromatic carbocycles. The Morgan fingerprint density at radius 1 is 1.00 bits per heavy atom. The average molecular weight is 418 g/mol. The van der Waals surface area contributed by atoms with Gasteiger partial charge < -0.3 is 19.7 Å². The first-order valence-electron chi connectivity index (χ1n) is 10.5. The highest BCUT2D eigenvalue weighted by Gasteiger charge is 2.24. The topological polar surface area (TPSA) is 63.7 Å². The van der Waals surface area contributed by atoms with Gasteiger partial charge in [-0.2, -0.15) is 0 Å². The van der Waals surface area contributed by atoms with Gasteiger partial charge in [0.05, 0.1) is 12.6 Å². The van der Waals surface area contributed by atoms with Gasteiger partial charge in [0.2, 0.25) is 5.91 Å². The molecule has 1 aliphatic rings. The van der Waals surface area contributed by atoms with Gasteiger partial charge >= 0.3 is 0 Å². The minimum absolute atomic E-state index is 0.0148. The number of anilines is 1. The summed E-state index contributed by atoms with van der Waals surface area (Å²) in [5, 5.41) is 2.89. The third-order valence-corrected chi connectivity index (χ3v) is 5.33. The normalized spacial score (nSPS) is 16.6. The van der Waals surface area contributed by atoms with Crippen LogP contribution in [0.5, 0.6) is 17.2 Å². The van der Waals surface area contributed by atoms with Crippen molar-refractivity contribution in [3.8, 4) is 17.2 Å². The molecule has 0 spiro atoms. The molecule has 1 unspecified atom stereocenters. The first-order valence-corrected chi connectivity index (χ1v) is 10.5. The summed E-state index contributed by atoms with van der Waals surface area (Å²) < 4.78 is 12.0. The van der Waals surface area contributed by atoms with Crippen LogP contribution in [0.2, 0.25) is 0 Å². The van der Waals surface area contributed by atoms with E-state index < -0.39 is 0 Å². The highest BCUT2D eigenvalue weighted by atomic mass is 16.5. The Bertz CT molecular complexity index is 991. The Labute approximate surface area is 182 Å². The summed E-state index contributed by atoms with van der Waals surface area (Å²) in [7, 11) is 0. The second kappa shape index (κ2) is 9.51. The molecule has 160 valence electrons.